The summed E-state index contributed by atoms with van der Waals surface area (Å²) in [6, 6.07) is 19.1. The first-order valence-electron chi connectivity index (χ1n) is 14.7. The molecule has 0 aromatic heterocycles. The number of phenols is 1. The van der Waals surface area contributed by atoms with Gasteiger partial charge in [-0.1, -0.05) is 68.9 Å². The van der Waals surface area contributed by atoms with Crippen LogP contribution in [0.25, 0.3) is 0 Å². The second-order valence-corrected chi connectivity index (χ2v) is 11.2. The van der Waals surface area contributed by atoms with Crippen molar-refractivity contribution in [3.05, 3.63) is 82.4 Å². The van der Waals surface area contributed by atoms with Crippen LogP contribution in [-0.4, -0.2) is 24.4 Å². The highest BCUT2D eigenvalue weighted by Crippen LogP contribution is 2.47. The molecule has 2 aliphatic carbocycles. The van der Waals surface area contributed by atoms with Crippen LogP contribution in [0, 0.1) is 13.8 Å². The summed E-state index contributed by atoms with van der Waals surface area (Å²) in [6.07, 6.45) is 12.4. The van der Waals surface area contributed by atoms with Gasteiger partial charge in [-0.2, -0.15) is 15.3 Å². The zero-order valence-electron chi connectivity index (χ0n) is 24.5. The summed E-state index contributed by atoms with van der Waals surface area (Å²) in [5.41, 5.74) is 8.58. The van der Waals surface area contributed by atoms with Crippen LogP contribution in [0.5, 0.6) is 5.75 Å². The Morgan fingerprint density at radius 1 is 0.650 bits per heavy atom. The Morgan fingerprint density at radius 2 is 1.20 bits per heavy atom. The minimum absolute atomic E-state index is 0.00206. The lowest BCUT2D eigenvalue weighted by Crippen LogP contribution is -2.30. The third-order valence-electron chi connectivity index (χ3n) is 8.76. The van der Waals surface area contributed by atoms with E-state index in [2.05, 4.69) is 70.7 Å². The number of nitrogens with zero attached hydrogens (tertiary/aromatic N) is 4. The minimum Gasteiger partial charge on any atom is -0.506 e. The van der Waals surface area contributed by atoms with Gasteiger partial charge in [0.05, 0.1) is 11.4 Å². The molecule has 2 saturated carbocycles. The number of aliphatic hydroxyl groups excluding tert-OH is 1. The van der Waals surface area contributed by atoms with Gasteiger partial charge < -0.3 is 10.2 Å². The van der Waals surface area contributed by atoms with E-state index in [1.54, 1.807) is 13.1 Å². The van der Waals surface area contributed by atoms with Crippen molar-refractivity contribution in [2.45, 2.75) is 89.4 Å². The fraction of sp³-hybridized carbons (Fsp3) is 0.471. The van der Waals surface area contributed by atoms with Crippen LogP contribution in [-0.2, 0) is 5.41 Å². The second-order valence-electron chi connectivity index (χ2n) is 11.2. The van der Waals surface area contributed by atoms with Crippen molar-refractivity contribution in [3.63, 3.8) is 0 Å². The molecule has 2 N–H and O–H groups in total. The third-order valence-corrected chi connectivity index (χ3v) is 8.76. The molecule has 3 aromatic carbocycles. The fourth-order valence-electron chi connectivity index (χ4n) is 6.56. The van der Waals surface area contributed by atoms with Gasteiger partial charge in [0.25, 0.3) is 0 Å². The van der Waals surface area contributed by atoms with E-state index >= 15 is 0 Å². The molecule has 40 heavy (non-hydrogen) atoms. The summed E-state index contributed by atoms with van der Waals surface area (Å²) < 4.78 is 0. The topological polar surface area (TPSA) is 89.9 Å². The van der Waals surface area contributed by atoms with Crippen LogP contribution in [0.1, 0.15) is 97.9 Å². The first kappa shape index (κ1) is 29.6. The number of aliphatic hydroxyl groups is 1. The fourth-order valence-corrected chi connectivity index (χ4v) is 6.56. The van der Waals surface area contributed by atoms with E-state index in [-0.39, 0.29) is 11.2 Å². The van der Waals surface area contributed by atoms with Crippen molar-refractivity contribution < 1.29 is 10.2 Å². The van der Waals surface area contributed by atoms with Crippen molar-refractivity contribution in [1.82, 2.24) is 0 Å². The van der Waals surface area contributed by atoms with Crippen LogP contribution >= 0.6 is 0 Å². The molecule has 0 aliphatic heterocycles. The number of hydrogen-bond donors (Lipinski definition) is 2. The molecule has 6 heteroatoms. The zero-order valence-corrected chi connectivity index (χ0v) is 24.5. The average molecular weight is 541 g/mol. The monoisotopic (exact) mass is 540 g/mol. The molecule has 0 radical (unpaired) electrons. The minimum atomic E-state index is -0.00206. The molecule has 0 amide bonds. The number of aromatic hydroxyl groups is 1. The van der Waals surface area contributed by atoms with Crippen molar-refractivity contribution in [3.8, 4) is 5.75 Å². The molecule has 0 atom stereocenters. The Hall–Kier alpha value is -3.38. The maximum Gasteiger partial charge on any atom is 0.143 e. The summed E-state index contributed by atoms with van der Waals surface area (Å²) in [5, 5.41) is 34.8. The lowest BCUT2D eigenvalue weighted by atomic mass is 9.65. The number of aryl methyl sites for hydroxylation is 2. The molecule has 0 unspecified atom stereocenters. The average Bonchev–Trinajstić information content (AvgIpc) is 3.00. The first-order valence-corrected chi connectivity index (χ1v) is 14.7. The summed E-state index contributed by atoms with van der Waals surface area (Å²) in [6.45, 7) is 4.24. The van der Waals surface area contributed by atoms with E-state index in [4.69, 9.17) is 5.11 Å². The number of phenolic OH excluding ortho intramolecular Hbond substituents is 1. The van der Waals surface area contributed by atoms with Crippen LogP contribution in [0.15, 0.2) is 75.1 Å². The Balaban J connectivity index is 0.00000181. The van der Waals surface area contributed by atoms with E-state index in [0.29, 0.717) is 11.6 Å². The Labute approximate surface area is 239 Å². The van der Waals surface area contributed by atoms with Crippen LogP contribution < -0.4 is 0 Å². The standard InChI is InChI=1S/C33H40N4O.CH4O/c1-23-20-27(13-15-29(23)35-34-3)33(18-8-5-9-19-33)28-14-16-30(24(2)21-28)36-37-31-22-26(12-17-32(31)38)25-10-6-4-7-11-25;1-2/h12-17,20-22,25,38H,4-11,18-19H2,1-3H3;2H,1H3. The highest BCUT2D eigenvalue weighted by Gasteiger charge is 2.36. The normalized spacial score (nSPS) is 17.6. The number of benzene rings is 3. The van der Waals surface area contributed by atoms with Crippen molar-refractivity contribution in [1.29, 1.82) is 0 Å². The zero-order chi connectivity index (χ0) is 28.5. The summed E-state index contributed by atoms with van der Waals surface area (Å²) in [5.74, 6) is 0.749. The van der Waals surface area contributed by atoms with E-state index in [1.807, 2.05) is 12.1 Å². The predicted molar refractivity (Wildman–Crippen MR) is 163 cm³/mol. The van der Waals surface area contributed by atoms with E-state index < -0.39 is 0 Å². The van der Waals surface area contributed by atoms with E-state index in [1.165, 1.54) is 68.1 Å². The largest absolute Gasteiger partial charge is 0.506 e. The van der Waals surface area contributed by atoms with E-state index in [0.717, 1.165) is 42.5 Å². The van der Waals surface area contributed by atoms with Crippen LogP contribution in [0.4, 0.5) is 17.1 Å². The maximum atomic E-state index is 10.5. The lowest BCUT2D eigenvalue weighted by Gasteiger charge is -2.39. The van der Waals surface area contributed by atoms with Crippen molar-refractivity contribution in [2.75, 3.05) is 14.2 Å². The highest BCUT2D eigenvalue weighted by atomic mass is 16.3. The smallest absolute Gasteiger partial charge is 0.143 e. The van der Waals surface area contributed by atoms with Gasteiger partial charge in [-0.25, -0.2) is 0 Å². The van der Waals surface area contributed by atoms with Crippen LogP contribution in [0.3, 0.4) is 0 Å². The molecule has 6 nitrogen and oxygen atoms in total. The molecule has 0 spiro atoms. The molecule has 2 fully saturated rings. The maximum absolute atomic E-state index is 10.5. The molecule has 2 aliphatic rings. The van der Waals surface area contributed by atoms with Crippen LogP contribution in [0.2, 0.25) is 0 Å². The highest BCUT2D eigenvalue weighted by molar-refractivity contribution is 5.56. The summed E-state index contributed by atoms with van der Waals surface area (Å²) in [4.78, 5) is 0. The molecule has 0 heterocycles. The van der Waals surface area contributed by atoms with Gasteiger partial charge >= 0.3 is 0 Å². The Morgan fingerprint density at radius 3 is 1.77 bits per heavy atom. The second kappa shape index (κ2) is 13.8. The molecule has 0 bridgehead atoms. The van der Waals surface area contributed by atoms with Gasteiger partial charge in [-0.05, 0) is 97.5 Å². The Bertz CT molecular complexity index is 1340. The van der Waals surface area contributed by atoms with Gasteiger partial charge in [0.1, 0.15) is 11.4 Å². The van der Waals surface area contributed by atoms with Gasteiger partial charge in [0.15, 0.2) is 0 Å². The SMILES string of the molecule is CN=Nc1ccc(C2(c3ccc(N=Nc4cc(C5CCCCC5)ccc4O)c(C)c3)CCCCC2)cc1C.CO. The third kappa shape index (κ3) is 6.49. The van der Waals surface area contributed by atoms with Gasteiger partial charge in [-0.15, -0.1) is 5.11 Å². The van der Waals surface area contributed by atoms with Gasteiger partial charge in [0, 0.05) is 19.6 Å². The van der Waals surface area contributed by atoms with Gasteiger partial charge in [-0.3, -0.25) is 0 Å². The Kier molecular flexibility index (Phi) is 10.2. The lowest BCUT2D eigenvalue weighted by molar-refractivity contribution is 0.346. The molecule has 0 saturated heterocycles. The quantitative estimate of drug-likeness (QED) is 0.305. The molecule has 212 valence electrons. The molecular weight excluding hydrogens is 496 g/mol. The van der Waals surface area contributed by atoms with Crippen molar-refractivity contribution in [2.24, 2.45) is 20.5 Å². The van der Waals surface area contributed by atoms with Crippen molar-refractivity contribution >= 4 is 17.1 Å². The summed E-state index contributed by atoms with van der Waals surface area (Å²) in [7, 11) is 2.71. The molecule has 5 rings (SSSR count). The van der Waals surface area contributed by atoms with E-state index in [9.17, 15) is 5.11 Å². The van der Waals surface area contributed by atoms with Gasteiger partial charge in [0.2, 0.25) is 0 Å². The number of azo groups is 2. The number of hydrogen-bond acceptors (Lipinski definition) is 6. The first-order chi connectivity index (χ1) is 19.5. The summed E-state index contributed by atoms with van der Waals surface area (Å²) >= 11 is 0. The molecular formula is C34H44N4O2. The number of rotatable bonds is 6. The molecule has 3 aromatic rings. The predicted octanol–water partition coefficient (Wildman–Crippen LogP) is 10.0.